The first kappa shape index (κ1) is 29.1. The van der Waals surface area contributed by atoms with Gasteiger partial charge in [-0.15, -0.1) is 0 Å². The number of hydrogen-bond donors (Lipinski definition) is 2. The van der Waals surface area contributed by atoms with Crippen LogP contribution in [0.5, 0.6) is 0 Å². The molecule has 212 valence electrons. The zero-order valence-corrected chi connectivity index (χ0v) is 23.5. The second-order valence-electron chi connectivity index (χ2n) is 11.9. The second kappa shape index (κ2) is 11.3. The summed E-state index contributed by atoms with van der Waals surface area (Å²) < 4.78 is 33.1. The maximum absolute atomic E-state index is 14.3. The normalized spacial score (nSPS) is 23.2. The quantitative estimate of drug-likeness (QED) is 0.530. The number of halogens is 2. The Balaban J connectivity index is 1.77. The van der Waals surface area contributed by atoms with E-state index in [-0.39, 0.29) is 43.1 Å². The smallest absolute Gasteiger partial charge is 0.251 e. The van der Waals surface area contributed by atoms with Gasteiger partial charge in [-0.25, -0.2) is 8.78 Å². The summed E-state index contributed by atoms with van der Waals surface area (Å²) >= 11 is 0. The Hall–Kier alpha value is -2.91. The zero-order valence-electron chi connectivity index (χ0n) is 23.5. The van der Waals surface area contributed by atoms with Gasteiger partial charge in [-0.05, 0) is 55.4 Å². The summed E-state index contributed by atoms with van der Waals surface area (Å²) in [6, 6.07) is 10.2. The number of carbonyl (C=O) groups excluding carboxylic acids is 2. The summed E-state index contributed by atoms with van der Waals surface area (Å²) in [5.41, 5.74) is 0.582. The molecule has 7 nitrogen and oxygen atoms in total. The predicted molar refractivity (Wildman–Crippen MR) is 147 cm³/mol. The number of anilines is 1. The first-order valence-electron chi connectivity index (χ1n) is 13.7. The lowest BCUT2D eigenvalue weighted by atomic mass is 9.85. The molecule has 2 aromatic rings. The summed E-state index contributed by atoms with van der Waals surface area (Å²) in [4.78, 5) is 34.3. The van der Waals surface area contributed by atoms with E-state index in [0.717, 1.165) is 5.56 Å². The van der Waals surface area contributed by atoms with E-state index in [1.807, 2.05) is 24.3 Å². The molecule has 0 spiro atoms. The van der Waals surface area contributed by atoms with Crippen LogP contribution in [-0.2, 0) is 25.3 Å². The Morgan fingerprint density at radius 1 is 1.08 bits per heavy atom. The van der Waals surface area contributed by atoms with Gasteiger partial charge in [-0.2, -0.15) is 0 Å². The van der Waals surface area contributed by atoms with E-state index >= 15 is 0 Å². The number of alkyl halides is 2. The van der Waals surface area contributed by atoms with Crippen molar-refractivity contribution in [2.75, 3.05) is 18.6 Å². The molecule has 1 aromatic heterocycles. The lowest BCUT2D eigenvalue weighted by Gasteiger charge is -2.42. The molecule has 2 fully saturated rings. The highest BCUT2D eigenvalue weighted by molar-refractivity contribution is 6.06. The van der Waals surface area contributed by atoms with Crippen molar-refractivity contribution < 1.29 is 23.1 Å². The van der Waals surface area contributed by atoms with Crippen LogP contribution in [0.4, 0.5) is 14.5 Å². The standard InChI is InChI=1S/C30H40F2N4O3/c1-28(2,3)20-8-10-23(11-9-20)36(26(37)25-17-24(39-5)19-34-25)29(4,21-7-6-16-33-18-21)27(38)35-22-12-14-30(31,32)15-13-22/h6-11,16,18,22,24-25,34H,12-15,17,19H2,1-5H3,(H,35,38). The SMILES string of the molecule is COC1CNC(C(=O)N(c2ccc(C(C)(C)C)cc2)C(C)(C(=O)NC2CCC(F)(F)CC2)c2cccnc2)C1. The topological polar surface area (TPSA) is 83.6 Å². The van der Waals surface area contributed by atoms with E-state index in [9.17, 15) is 18.4 Å². The molecule has 1 saturated carbocycles. The third-order valence-electron chi connectivity index (χ3n) is 8.10. The molecular formula is C30H40F2N4O3. The molecule has 1 aliphatic carbocycles. The Morgan fingerprint density at radius 2 is 1.74 bits per heavy atom. The monoisotopic (exact) mass is 542 g/mol. The Morgan fingerprint density at radius 3 is 2.28 bits per heavy atom. The van der Waals surface area contributed by atoms with Crippen molar-refractivity contribution in [2.24, 2.45) is 0 Å². The Labute approximate surface area is 229 Å². The highest BCUT2D eigenvalue weighted by Gasteiger charge is 2.49. The molecular weight excluding hydrogens is 502 g/mol. The number of aromatic nitrogens is 1. The lowest BCUT2D eigenvalue weighted by Crippen LogP contribution is -2.61. The number of ether oxygens (including phenoxy) is 1. The van der Waals surface area contributed by atoms with Crippen LogP contribution in [0.15, 0.2) is 48.8 Å². The number of amides is 2. The minimum Gasteiger partial charge on any atom is -0.380 e. The summed E-state index contributed by atoms with van der Waals surface area (Å²) in [6.45, 7) is 8.56. The third kappa shape index (κ3) is 6.30. The van der Waals surface area contributed by atoms with Crippen LogP contribution in [0.2, 0.25) is 0 Å². The van der Waals surface area contributed by atoms with Crippen LogP contribution < -0.4 is 15.5 Å². The Kier molecular flexibility index (Phi) is 8.42. The second-order valence-corrected chi connectivity index (χ2v) is 11.9. The molecule has 4 rings (SSSR count). The molecule has 3 unspecified atom stereocenters. The number of nitrogens with one attached hydrogen (secondary N) is 2. The van der Waals surface area contributed by atoms with E-state index in [1.54, 1.807) is 43.5 Å². The van der Waals surface area contributed by atoms with Gasteiger partial charge in [-0.1, -0.05) is 39.0 Å². The van der Waals surface area contributed by atoms with E-state index in [2.05, 4.69) is 36.4 Å². The Bertz CT molecular complexity index is 1140. The average molecular weight is 543 g/mol. The maximum atomic E-state index is 14.3. The van der Waals surface area contributed by atoms with Gasteiger partial charge in [0, 0.05) is 56.2 Å². The summed E-state index contributed by atoms with van der Waals surface area (Å²) in [5.74, 6) is -3.41. The van der Waals surface area contributed by atoms with Crippen LogP contribution >= 0.6 is 0 Å². The van der Waals surface area contributed by atoms with Gasteiger partial charge in [0.2, 0.25) is 11.8 Å². The van der Waals surface area contributed by atoms with Crippen molar-refractivity contribution in [3.05, 3.63) is 59.9 Å². The predicted octanol–water partition coefficient (Wildman–Crippen LogP) is 4.70. The maximum Gasteiger partial charge on any atom is 0.251 e. The van der Waals surface area contributed by atoms with Gasteiger partial charge in [0.15, 0.2) is 5.54 Å². The number of benzene rings is 1. The molecule has 39 heavy (non-hydrogen) atoms. The highest BCUT2D eigenvalue weighted by Crippen LogP contribution is 2.38. The average Bonchev–Trinajstić information content (AvgIpc) is 3.40. The molecule has 2 heterocycles. The van der Waals surface area contributed by atoms with Crippen molar-refractivity contribution in [3.63, 3.8) is 0 Å². The number of pyridine rings is 1. The number of carbonyl (C=O) groups is 2. The zero-order chi connectivity index (χ0) is 28.4. The number of methoxy groups -OCH3 is 1. The van der Waals surface area contributed by atoms with Gasteiger partial charge in [0.25, 0.3) is 5.91 Å². The van der Waals surface area contributed by atoms with Crippen LogP contribution in [-0.4, -0.2) is 54.6 Å². The number of hydrogen-bond acceptors (Lipinski definition) is 5. The van der Waals surface area contributed by atoms with Gasteiger partial charge < -0.3 is 15.4 Å². The van der Waals surface area contributed by atoms with Gasteiger partial charge >= 0.3 is 0 Å². The van der Waals surface area contributed by atoms with Gasteiger partial charge in [-0.3, -0.25) is 19.5 Å². The molecule has 1 aromatic carbocycles. The van der Waals surface area contributed by atoms with Gasteiger partial charge in [0.1, 0.15) is 0 Å². The van der Waals surface area contributed by atoms with Crippen molar-refractivity contribution in [3.8, 4) is 0 Å². The summed E-state index contributed by atoms with van der Waals surface area (Å²) in [7, 11) is 1.61. The third-order valence-corrected chi connectivity index (χ3v) is 8.10. The lowest BCUT2D eigenvalue weighted by molar-refractivity contribution is -0.132. The van der Waals surface area contributed by atoms with Crippen LogP contribution in [0.1, 0.15) is 70.9 Å². The minimum absolute atomic E-state index is 0.0981. The molecule has 0 bridgehead atoms. The molecule has 2 aliphatic rings. The number of rotatable bonds is 7. The fourth-order valence-electron chi connectivity index (χ4n) is 5.47. The highest BCUT2D eigenvalue weighted by atomic mass is 19.3. The van der Waals surface area contributed by atoms with E-state index < -0.39 is 29.5 Å². The fraction of sp³-hybridized carbons (Fsp3) is 0.567. The number of nitrogens with zero attached hydrogens (tertiary/aromatic N) is 2. The molecule has 3 atom stereocenters. The summed E-state index contributed by atoms with van der Waals surface area (Å²) in [6.07, 6.45) is 3.34. The van der Waals surface area contributed by atoms with Crippen molar-refractivity contribution in [2.45, 2.75) is 94.9 Å². The van der Waals surface area contributed by atoms with Gasteiger partial charge in [0.05, 0.1) is 12.1 Å². The van der Waals surface area contributed by atoms with E-state index in [1.165, 1.54) is 0 Å². The minimum atomic E-state index is -2.71. The largest absolute Gasteiger partial charge is 0.380 e. The molecule has 2 N–H and O–H groups in total. The van der Waals surface area contributed by atoms with E-state index in [4.69, 9.17) is 4.74 Å². The molecule has 1 saturated heterocycles. The van der Waals surface area contributed by atoms with E-state index in [0.29, 0.717) is 24.2 Å². The van der Waals surface area contributed by atoms with Crippen LogP contribution in [0.25, 0.3) is 0 Å². The van der Waals surface area contributed by atoms with Crippen molar-refractivity contribution >= 4 is 17.5 Å². The molecule has 0 radical (unpaired) electrons. The molecule has 1 aliphatic heterocycles. The molecule has 2 amide bonds. The summed E-state index contributed by atoms with van der Waals surface area (Å²) in [5, 5.41) is 6.26. The fourth-order valence-corrected chi connectivity index (χ4v) is 5.47. The van der Waals surface area contributed by atoms with Crippen LogP contribution in [0, 0.1) is 0 Å². The van der Waals surface area contributed by atoms with Crippen molar-refractivity contribution in [1.82, 2.24) is 15.6 Å². The first-order valence-corrected chi connectivity index (χ1v) is 13.7. The van der Waals surface area contributed by atoms with Crippen LogP contribution in [0.3, 0.4) is 0 Å². The first-order chi connectivity index (χ1) is 18.3. The molecule has 9 heteroatoms. The van der Waals surface area contributed by atoms with Crippen molar-refractivity contribution in [1.29, 1.82) is 0 Å².